The molecule has 2 N–H and O–H groups in total. The van der Waals surface area contributed by atoms with Crippen LogP contribution in [0.5, 0.6) is 0 Å². The average molecular weight is 207 g/mol. The molecule has 0 aliphatic carbocycles. The molecular formula is C8H9N5O2. The molecule has 0 fully saturated rings. The van der Waals surface area contributed by atoms with Gasteiger partial charge in [0, 0.05) is 5.69 Å². The zero-order valence-corrected chi connectivity index (χ0v) is 8.24. The molecule has 2 aromatic heterocycles. The third-order valence-corrected chi connectivity index (χ3v) is 1.90. The molecule has 7 nitrogen and oxygen atoms in total. The summed E-state index contributed by atoms with van der Waals surface area (Å²) in [5.74, 6) is 0.0557. The van der Waals surface area contributed by atoms with Crippen LogP contribution >= 0.6 is 0 Å². The standard InChI is InChI=1S/C8H9N5O2/c1-4-3-5(2)13(12-4)6-7(14)9-8(15)11-10-6/h3H,1-2H3,(H2,9,11,14,15). The molecule has 0 aromatic carbocycles. The second-order valence-corrected chi connectivity index (χ2v) is 3.17. The van der Waals surface area contributed by atoms with Gasteiger partial charge in [-0.05, 0) is 19.9 Å². The fourth-order valence-corrected chi connectivity index (χ4v) is 1.33. The fourth-order valence-electron chi connectivity index (χ4n) is 1.33. The minimum absolute atomic E-state index is 0.0557. The van der Waals surface area contributed by atoms with Crippen molar-refractivity contribution in [2.45, 2.75) is 13.8 Å². The molecule has 0 saturated carbocycles. The van der Waals surface area contributed by atoms with Gasteiger partial charge in [0.05, 0.1) is 5.69 Å². The summed E-state index contributed by atoms with van der Waals surface area (Å²) in [6.07, 6.45) is 0. The van der Waals surface area contributed by atoms with Gasteiger partial charge < -0.3 is 0 Å². The molecule has 0 bridgehead atoms. The monoisotopic (exact) mass is 207 g/mol. The van der Waals surface area contributed by atoms with Crippen LogP contribution in [0.3, 0.4) is 0 Å². The van der Waals surface area contributed by atoms with Gasteiger partial charge >= 0.3 is 5.69 Å². The average Bonchev–Trinajstić information content (AvgIpc) is 2.45. The van der Waals surface area contributed by atoms with Crippen molar-refractivity contribution in [2.75, 3.05) is 0 Å². The SMILES string of the molecule is Cc1cc(C)n(-c2n[nH]c(=O)[nH]c2=O)n1. The topological polar surface area (TPSA) is 96.4 Å². The molecule has 2 rings (SSSR count). The van der Waals surface area contributed by atoms with Crippen LogP contribution in [0.2, 0.25) is 0 Å². The summed E-state index contributed by atoms with van der Waals surface area (Å²) in [6, 6.07) is 1.81. The number of rotatable bonds is 1. The van der Waals surface area contributed by atoms with E-state index in [9.17, 15) is 9.59 Å². The van der Waals surface area contributed by atoms with E-state index < -0.39 is 11.2 Å². The lowest BCUT2D eigenvalue weighted by molar-refractivity contribution is 0.743. The summed E-state index contributed by atoms with van der Waals surface area (Å²) in [7, 11) is 0. The van der Waals surface area contributed by atoms with E-state index in [1.165, 1.54) is 4.68 Å². The minimum atomic E-state index is -0.634. The molecule has 0 radical (unpaired) electrons. The van der Waals surface area contributed by atoms with Gasteiger partial charge in [-0.25, -0.2) is 14.6 Å². The lowest BCUT2D eigenvalue weighted by atomic mass is 10.4. The Balaban J connectivity index is 2.69. The third-order valence-electron chi connectivity index (χ3n) is 1.90. The second kappa shape index (κ2) is 3.19. The highest BCUT2D eigenvalue weighted by Crippen LogP contribution is 2.04. The Kier molecular flexibility index (Phi) is 2.00. The summed E-state index contributed by atoms with van der Waals surface area (Å²) < 4.78 is 1.38. The van der Waals surface area contributed by atoms with Crippen molar-refractivity contribution in [3.05, 3.63) is 38.3 Å². The minimum Gasteiger partial charge on any atom is -0.270 e. The molecule has 0 aliphatic rings. The highest BCUT2D eigenvalue weighted by atomic mass is 16.2. The number of aromatic nitrogens is 5. The van der Waals surface area contributed by atoms with E-state index in [1.54, 1.807) is 6.92 Å². The Morgan fingerprint density at radius 3 is 2.60 bits per heavy atom. The molecule has 78 valence electrons. The third kappa shape index (κ3) is 1.58. The maximum absolute atomic E-state index is 11.4. The quantitative estimate of drug-likeness (QED) is 0.643. The predicted molar refractivity (Wildman–Crippen MR) is 52.1 cm³/mol. The van der Waals surface area contributed by atoms with Crippen LogP contribution in [0, 0.1) is 13.8 Å². The fraction of sp³-hybridized carbons (Fsp3) is 0.250. The molecule has 15 heavy (non-hydrogen) atoms. The number of aryl methyl sites for hydroxylation is 2. The number of nitrogens with one attached hydrogen (secondary N) is 2. The van der Waals surface area contributed by atoms with Crippen molar-refractivity contribution < 1.29 is 0 Å². The Morgan fingerprint density at radius 2 is 2.07 bits per heavy atom. The zero-order chi connectivity index (χ0) is 11.0. The first kappa shape index (κ1) is 9.38. The first-order chi connectivity index (χ1) is 7.08. The summed E-state index contributed by atoms with van der Waals surface area (Å²) in [5, 5.41) is 9.88. The number of H-pyrrole nitrogens is 2. The second-order valence-electron chi connectivity index (χ2n) is 3.17. The van der Waals surface area contributed by atoms with Gasteiger partial charge in [0.15, 0.2) is 0 Å². The van der Waals surface area contributed by atoms with Crippen molar-refractivity contribution in [3.8, 4) is 5.82 Å². The Hall–Kier alpha value is -2.18. The van der Waals surface area contributed by atoms with E-state index in [2.05, 4.69) is 20.3 Å². The van der Waals surface area contributed by atoms with Crippen LogP contribution < -0.4 is 11.2 Å². The zero-order valence-electron chi connectivity index (χ0n) is 8.24. The highest BCUT2D eigenvalue weighted by Gasteiger charge is 2.09. The highest BCUT2D eigenvalue weighted by molar-refractivity contribution is 5.21. The summed E-state index contributed by atoms with van der Waals surface area (Å²) in [5.41, 5.74) is 0.354. The molecule has 0 unspecified atom stereocenters. The van der Waals surface area contributed by atoms with Gasteiger partial charge in [-0.2, -0.15) is 5.10 Å². The molecular weight excluding hydrogens is 198 g/mol. The van der Waals surface area contributed by atoms with Crippen molar-refractivity contribution in [2.24, 2.45) is 0 Å². The summed E-state index contributed by atoms with van der Waals surface area (Å²) in [4.78, 5) is 24.2. The van der Waals surface area contributed by atoms with Crippen molar-refractivity contribution in [1.82, 2.24) is 25.0 Å². The van der Waals surface area contributed by atoms with Crippen molar-refractivity contribution in [1.29, 1.82) is 0 Å². The predicted octanol–water partition coefficient (Wildman–Crippen LogP) is -0.739. The smallest absolute Gasteiger partial charge is 0.270 e. The van der Waals surface area contributed by atoms with E-state index in [0.29, 0.717) is 0 Å². The molecule has 0 amide bonds. The molecule has 2 heterocycles. The van der Waals surface area contributed by atoms with E-state index in [0.717, 1.165) is 11.4 Å². The van der Waals surface area contributed by atoms with Crippen molar-refractivity contribution in [3.63, 3.8) is 0 Å². The van der Waals surface area contributed by atoms with Crippen LogP contribution in [0.4, 0.5) is 0 Å². The van der Waals surface area contributed by atoms with Crippen molar-refractivity contribution >= 4 is 0 Å². The van der Waals surface area contributed by atoms with Crippen LogP contribution in [-0.4, -0.2) is 25.0 Å². The molecule has 2 aromatic rings. The lowest BCUT2D eigenvalue weighted by Crippen LogP contribution is -2.28. The maximum Gasteiger partial charge on any atom is 0.342 e. The van der Waals surface area contributed by atoms with Crippen LogP contribution in [0.25, 0.3) is 5.82 Å². The lowest BCUT2D eigenvalue weighted by Gasteiger charge is -1.99. The van der Waals surface area contributed by atoms with E-state index in [1.807, 2.05) is 13.0 Å². The molecule has 0 saturated heterocycles. The van der Waals surface area contributed by atoms with Gasteiger partial charge in [0.2, 0.25) is 5.82 Å². The van der Waals surface area contributed by atoms with Gasteiger partial charge in [0.1, 0.15) is 0 Å². The van der Waals surface area contributed by atoms with Gasteiger partial charge in [-0.1, -0.05) is 0 Å². The Morgan fingerprint density at radius 1 is 1.33 bits per heavy atom. The van der Waals surface area contributed by atoms with E-state index in [-0.39, 0.29) is 5.82 Å². The van der Waals surface area contributed by atoms with Gasteiger partial charge in [-0.15, -0.1) is 5.10 Å². The Bertz CT molecular complexity index is 606. The van der Waals surface area contributed by atoms with E-state index in [4.69, 9.17) is 0 Å². The summed E-state index contributed by atoms with van der Waals surface area (Å²) in [6.45, 7) is 3.61. The largest absolute Gasteiger partial charge is 0.342 e. The maximum atomic E-state index is 11.4. The Labute approximate surface area is 83.8 Å². The first-order valence-electron chi connectivity index (χ1n) is 4.30. The summed E-state index contributed by atoms with van der Waals surface area (Å²) >= 11 is 0. The molecule has 7 heteroatoms. The van der Waals surface area contributed by atoms with Crippen LogP contribution in [0.15, 0.2) is 15.7 Å². The van der Waals surface area contributed by atoms with Gasteiger partial charge in [0.25, 0.3) is 5.56 Å². The van der Waals surface area contributed by atoms with Crippen LogP contribution in [-0.2, 0) is 0 Å². The molecule has 0 spiro atoms. The normalized spacial score (nSPS) is 10.5. The molecule has 0 atom stereocenters. The van der Waals surface area contributed by atoms with E-state index >= 15 is 0 Å². The molecule has 0 aliphatic heterocycles. The number of hydrogen-bond acceptors (Lipinski definition) is 4. The number of nitrogens with zero attached hydrogens (tertiary/aromatic N) is 3. The van der Waals surface area contributed by atoms with Crippen LogP contribution in [0.1, 0.15) is 11.4 Å². The van der Waals surface area contributed by atoms with Gasteiger partial charge in [-0.3, -0.25) is 9.78 Å². The number of aromatic amines is 2. The first-order valence-corrected chi connectivity index (χ1v) is 4.30. The number of hydrogen-bond donors (Lipinski definition) is 2.